The Hall–Kier alpha value is -1.55. The van der Waals surface area contributed by atoms with Gasteiger partial charge in [0, 0.05) is 19.7 Å². The Morgan fingerprint density at radius 2 is 2.33 bits per heavy atom. The lowest BCUT2D eigenvalue weighted by atomic mass is 10.2. The number of hydrogen-bond acceptors (Lipinski definition) is 2. The molecule has 2 aromatic rings. The van der Waals surface area contributed by atoms with Crippen LogP contribution in [0, 0.1) is 6.92 Å². The molecule has 15 heavy (non-hydrogen) atoms. The standard InChI is InChI=1S/C11H15N3O/c1-8-11(9-4-3-6-12-9)14(2)10(13-8)5-7-15/h3-4,6,12,15H,5,7H2,1-2H3. The van der Waals surface area contributed by atoms with Crippen LogP contribution in [-0.2, 0) is 13.5 Å². The van der Waals surface area contributed by atoms with Crippen molar-refractivity contribution in [2.24, 2.45) is 7.05 Å². The van der Waals surface area contributed by atoms with Crippen molar-refractivity contribution in [1.82, 2.24) is 14.5 Å². The highest BCUT2D eigenvalue weighted by atomic mass is 16.3. The van der Waals surface area contributed by atoms with Crippen LogP contribution in [0.1, 0.15) is 11.5 Å². The van der Waals surface area contributed by atoms with Crippen LogP contribution in [0.4, 0.5) is 0 Å². The van der Waals surface area contributed by atoms with Crippen LogP contribution in [0.5, 0.6) is 0 Å². The molecule has 0 spiro atoms. The first kappa shape index (κ1) is 9.98. The Bertz CT molecular complexity index is 443. The van der Waals surface area contributed by atoms with Gasteiger partial charge in [-0.25, -0.2) is 4.98 Å². The third kappa shape index (κ3) is 1.68. The summed E-state index contributed by atoms with van der Waals surface area (Å²) < 4.78 is 2.03. The van der Waals surface area contributed by atoms with E-state index in [9.17, 15) is 0 Å². The Morgan fingerprint density at radius 1 is 1.53 bits per heavy atom. The van der Waals surface area contributed by atoms with E-state index in [1.807, 2.05) is 36.9 Å². The Balaban J connectivity index is 2.48. The minimum Gasteiger partial charge on any atom is -0.396 e. The maximum Gasteiger partial charge on any atom is 0.111 e. The molecular weight excluding hydrogens is 190 g/mol. The first-order chi connectivity index (χ1) is 7.24. The molecular formula is C11H15N3O. The number of nitrogens with zero attached hydrogens (tertiary/aromatic N) is 2. The molecule has 4 heteroatoms. The van der Waals surface area contributed by atoms with Crippen LogP contribution in [0.15, 0.2) is 18.3 Å². The third-order valence-corrected chi connectivity index (χ3v) is 2.55. The maximum atomic E-state index is 8.91. The predicted octanol–water partition coefficient (Wildman–Crippen LogP) is 1.26. The number of aliphatic hydroxyl groups is 1. The van der Waals surface area contributed by atoms with Gasteiger partial charge in [0.25, 0.3) is 0 Å². The van der Waals surface area contributed by atoms with Crippen LogP contribution in [0.2, 0.25) is 0 Å². The molecule has 0 aliphatic carbocycles. The summed E-state index contributed by atoms with van der Waals surface area (Å²) >= 11 is 0. The van der Waals surface area contributed by atoms with E-state index in [2.05, 4.69) is 9.97 Å². The molecule has 0 aliphatic heterocycles. The number of imidazole rings is 1. The summed E-state index contributed by atoms with van der Waals surface area (Å²) in [6.45, 7) is 2.12. The van der Waals surface area contributed by atoms with Crippen molar-refractivity contribution in [3.8, 4) is 11.4 Å². The third-order valence-electron chi connectivity index (χ3n) is 2.55. The second-order valence-electron chi connectivity index (χ2n) is 3.58. The van der Waals surface area contributed by atoms with Gasteiger partial charge in [0.15, 0.2) is 0 Å². The Labute approximate surface area is 88.6 Å². The van der Waals surface area contributed by atoms with Gasteiger partial charge in [-0.2, -0.15) is 0 Å². The minimum atomic E-state index is 0.133. The number of H-pyrrole nitrogens is 1. The van der Waals surface area contributed by atoms with Crippen LogP contribution < -0.4 is 0 Å². The summed E-state index contributed by atoms with van der Waals surface area (Å²) in [4.78, 5) is 7.61. The van der Waals surface area contributed by atoms with Crippen LogP contribution in [-0.4, -0.2) is 26.2 Å². The van der Waals surface area contributed by atoms with E-state index in [4.69, 9.17) is 5.11 Å². The molecule has 2 N–H and O–H groups in total. The van der Waals surface area contributed by atoms with Crippen molar-refractivity contribution in [1.29, 1.82) is 0 Å². The monoisotopic (exact) mass is 205 g/mol. The highest BCUT2D eigenvalue weighted by molar-refractivity contribution is 5.58. The van der Waals surface area contributed by atoms with Crippen LogP contribution >= 0.6 is 0 Å². The van der Waals surface area contributed by atoms with Gasteiger partial charge >= 0.3 is 0 Å². The van der Waals surface area contributed by atoms with Crippen molar-refractivity contribution in [2.45, 2.75) is 13.3 Å². The van der Waals surface area contributed by atoms with E-state index in [1.54, 1.807) is 0 Å². The molecule has 0 atom stereocenters. The number of rotatable bonds is 3. The predicted molar refractivity (Wildman–Crippen MR) is 58.5 cm³/mol. The van der Waals surface area contributed by atoms with Gasteiger partial charge in [-0.1, -0.05) is 0 Å². The first-order valence-corrected chi connectivity index (χ1v) is 5.01. The van der Waals surface area contributed by atoms with Gasteiger partial charge in [0.2, 0.25) is 0 Å². The zero-order valence-electron chi connectivity index (χ0n) is 8.99. The molecule has 0 radical (unpaired) electrons. The molecule has 2 rings (SSSR count). The van der Waals surface area contributed by atoms with Gasteiger partial charge in [-0.3, -0.25) is 0 Å². The summed E-state index contributed by atoms with van der Waals surface area (Å²) in [6, 6.07) is 3.99. The summed E-state index contributed by atoms with van der Waals surface area (Å²) in [6.07, 6.45) is 2.49. The lowest BCUT2D eigenvalue weighted by Gasteiger charge is -2.03. The van der Waals surface area contributed by atoms with Crippen molar-refractivity contribution < 1.29 is 5.11 Å². The molecule has 0 amide bonds. The number of aromatic nitrogens is 3. The smallest absolute Gasteiger partial charge is 0.111 e. The van der Waals surface area contributed by atoms with Crippen molar-refractivity contribution >= 4 is 0 Å². The van der Waals surface area contributed by atoms with Gasteiger partial charge < -0.3 is 14.7 Å². The lowest BCUT2D eigenvalue weighted by Crippen LogP contribution is -2.02. The molecule has 0 saturated heterocycles. The zero-order chi connectivity index (χ0) is 10.8. The summed E-state index contributed by atoms with van der Waals surface area (Å²) in [5, 5.41) is 8.91. The number of aliphatic hydroxyl groups excluding tert-OH is 1. The van der Waals surface area contributed by atoms with Crippen LogP contribution in [0.25, 0.3) is 11.4 Å². The zero-order valence-corrected chi connectivity index (χ0v) is 8.99. The molecule has 0 saturated carbocycles. The largest absolute Gasteiger partial charge is 0.396 e. The van der Waals surface area contributed by atoms with Crippen molar-refractivity contribution in [3.63, 3.8) is 0 Å². The second kappa shape index (κ2) is 3.90. The molecule has 2 heterocycles. The number of nitrogens with one attached hydrogen (secondary N) is 1. The summed E-state index contributed by atoms with van der Waals surface area (Å²) in [5.41, 5.74) is 3.14. The molecule has 4 nitrogen and oxygen atoms in total. The normalized spacial score (nSPS) is 10.9. The van der Waals surface area contributed by atoms with Gasteiger partial charge in [0.05, 0.1) is 23.7 Å². The van der Waals surface area contributed by atoms with Crippen molar-refractivity contribution in [3.05, 3.63) is 29.8 Å². The van der Waals surface area contributed by atoms with Crippen molar-refractivity contribution in [2.75, 3.05) is 6.61 Å². The van der Waals surface area contributed by atoms with E-state index in [-0.39, 0.29) is 6.61 Å². The molecule has 80 valence electrons. The number of aromatic amines is 1. The second-order valence-corrected chi connectivity index (χ2v) is 3.58. The number of hydrogen-bond donors (Lipinski definition) is 2. The van der Waals surface area contributed by atoms with E-state index in [1.165, 1.54) is 0 Å². The highest BCUT2D eigenvalue weighted by Crippen LogP contribution is 2.22. The van der Waals surface area contributed by atoms with E-state index in [0.717, 1.165) is 22.9 Å². The lowest BCUT2D eigenvalue weighted by molar-refractivity contribution is 0.295. The average Bonchev–Trinajstić information content (AvgIpc) is 2.77. The Morgan fingerprint density at radius 3 is 2.93 bits per heavy atom. The van der Waals surface area contributed by atoms with Gasteiger partial charge in [0.1, 0.15) is 5.82 Å². The minimum absolute atomic E-state index is 0.133. The molecule has 0 fully saturated rings. The highest BCUT2D eigenvalue weighted by Gasteiger charge is 2.12. The fourth-order valence-corrected chi connectivity index (χ4v) is 1.87. The topological polar surface area (TPSA) is 53.8 Å². The van der Waals surface area contributed by atoms with E-state index >= 15 is 0 Å². The molecule has 2 aromatic heterocycles. The average molecular weight is 205 g/mol. The Kier molecular flexibility index (Phi) is 2.60. The fourth-order valence-electron chi connectivity index (χ4n) is 1.87. The number of aryl methyl sites for hydroxylation is 1. The molecule has 0 bridgehead atoms. The maximum absolute atomic E-state index is 8.91. The van der Waals surface area contributed by atoms with E-state index < -0.39 is 0 Å². The molecule has 0 aromatic carbocycles. The fraction of sp³-hybridized carbons (Fsp3) is 0.364. The van der Waals surface area contributed by atoms with Gasteiger partial charge in [-0.05, 0) is 19.1 Å². The van der Waals surface area contributed by atoms with Gasteiger partial charge in [-0.15, -0.1) is 0 Å². The van der Waals surface area contributed by atoms with E-state index in [0.29, 0.717) is 6.42 Å². The quantitative estimate of drug-likeness (QED) is 0.792. The first-order valence-electron chi connectivity index (χ1n) is 5.01. The van der Waals surface area contributed by atoms with Crippen LogP contribution in [0.3, 0.4) is 0 Å². The SMILES string of the molecule is Cc1nc(CCO)n(C)c1-c1ccc[nH]1. The molecule has 0 unspecified atom stereocenters. The summed E-state index contributed by atoms with van der Waals surface area (Å²) in [7, 11) is 1.97. The summed E-state index contributed by atoms with van der Waals surface area (Å²) in [5.74, 6) is 0.916. The molecule has 0 aliphatic rings.